The number of benzene rings is 2. The highest BCUT2D eigenvalue weighted by Crippen LogP contribution is 2.34. The summed E-state index contributed by atoms with van der Waals surface area (Å²) in [6.07, 6.45) is -3.26. The number of anilines is 2. The zero-order valence-corrected chi connectivity index (χ0v) is 15.4. The van der Waals surface area contributed by atoms with Crippen molar-refractivity contribution in [1.82, 2.24) is 9.88 Å². The number of halogens is 3. The minimum Gasteiger partial charge on any atom is -0.424 e. The van der Waals surface area contributed by atoms with Crippen LogP contribution in [-0.2, 0) is 6.18 Å². The zero-order valence-electron chi connectivity index (χ0n) is 15.4. The van der Waals surface area contributed by atoms with Crippen LogP contribution in [0.15, 0.2) is 52.9 Å². The van der Waals surface area contributed by atoms with E-state index in [9.17, 15) is 18.0 Å². The monoisotopic (exact) mass is 404 g/mol. The highest BCUT2D eigenvalue weighted by Gasteiger charge is 2.34. The average Bonchev–Trinajstić information content (AvgIpc) is 3.10. The van der Waals surface area contributed by atoms with Crippen molar-refractivity contribution in [3.05, 3.63) is 54.1 Å². The van der Waals surface area contributed by atoms with Crippen LogP contribution >= 0.6 is 0 Å². The van der Waals surface area contributed by atoms with Gasteiger partial charge in [0.05, 0.1) is 11.3 Å². The van der Waals surface area contributed by atoms with Gasteiger partial charge in [0.25, 0.3) is 6.01 Å². The van der Waals surface area contributed by atoms with Crippen LogP contribution in [0, 0.1) is 0 Å². The Hall–Kier alpha value is -3.23. The van der Waals surface area contributed by atoms with Gasteiger partial charge in [0.2, 0.25) is 0 Å². The van der Waals surface area contributed by atoms with E-state index in [4.69, 9.17) is 4.42 Å². The third kappa shape index (κ3) is 4.28. The second kappa shape index (κ2) is 7.65. The molecule has 152 valence electrons. The maximum atomic E-state index is 13.1. The number of carbonyl (C=O) groups excluding carboxylic acids is 1. The second-order valence-electron chi connectivity index (χ2n) is 6.87. The number of hydrogen-bond acceptors (Lipinski definition) is 4. The summed E-state index contributed by atoms with van der Waals surface area (Å²) in [5.41, 5.74) is 0.350. The van der Waals surface area contributed by atoms with Crippen molar-refractivity contribution in [2.24, 2.45) is 0 Å². The van der Waals surface area contributed by atoms with E-state index in [1.54, 1.807) is 0 Å². The minimum absolute atomic E-state index is 0.0644. The Morgan fingerprint density at radius 1 is 1.07 bits per heavy atom. The zero-order chi connectivity index (χ0) is 20.4. The Bertz CT molecular complexity index is 977. The van der Waals surface area contributed by atoms with Crippen LogP contribution in [0.2, 0.25) is 0 Å². The van der Waals surface area contributed by atoms with Crippen molar-refractivity contribution in [1.29, 1.82) is 0 Å². The molecule has 1 fully saturated rings. The summed E-state index contributed by atoms with van der Waals surface area (Å²) in [6.45, 7) is 0.829. The van der Waals surface area contributed by atoms with Crippen LogP contribution in [0.5, 0.6) is 0 Å². The van der Waals surface area contributed by atoms with Crippen LogP contribution in [0.25, 0.3) is 11.1 Å². The molecular weight excluding hydrogens is 385 g/mol. The van der Waals surface area contributed by atoms with Crippen molar-refractivity contribution >= 4 is 28.8 Å². The fourth-order valence-corrected chi connectivity index (χ4v) is 3.37. The van der Waals surface area contributed by atoms with E-state index in [0.717, 1.165) is 11.6 Å². The molecule has 1 aliphatic heterocycles. The largest absolute Gasteiger partial charge is 0.424 e. The Labute approximate surface area is 164 Å². The Morgan fingerprint density at radius 2 is 1.76 bits per heavy atom. The maximum absolute atomic E-state index is 13.1. The molecule has 2 heterocycles. The Morgan fingerprint density at radius 3 is 2.48 bits per heavy atom. The third-order valence-corrected chi connectivity index (χ3v) is 4.88. The van der Waals surface area contributed by atoms with Gasteiger partial charge in [0, 0.05) is 19.1 Å². The number of rotatable bonds is 3. The number of hydrogen-bond donors (Lipinski definition) is 2. The van der Waals surface area contributed by atoms with E-state index in [1.165, 1.54) is 23.1 Å². The number of para-hydroxylation sites is 3. The molecule has 3 aromatic rings. The van der Waals surface area contributed by atoms with Crippen molar-refractivity contribution in [2.75, 3.05) is 23.7 Å². The number of piperidine rings is 1. The maximum Gasteiger partial charge on any atom is 0.418 e. The molecule has 0 saturated carbocycles. The normalized spacial score (nSPS) is 15.5. The van der Waals surface area contributed by atoms with Gasteiger partial charge in [-0.05, 0) is 37.1 Å². The van der Waals surface area contributed by atoms with Crippen LogP contribution in [0.4, 0.5) is 29.7 Å². The van der Waals surface area contributed by atoms with Gasteiger partial charge in [0.1, 0.15) is 5.52 Å². The second-order valence-corrected chi connectivity index (χ2v) is 6.87. The average molecular weight is 404 g/mol. The van der Waals surface area contributed by atoms with Gasteiger partial charge in [0.15, 0.2) is 5.58 Å². The van der Waals surface area contributed by atoms with E-state index in [-0.39, 0.29) is 11.7 Å². The van der Waals surface area contributed by atoms with Gasteiger partial charge in [-0.3, -0.25) is 0 Å². The number of oxazole rings is 1. The van der Waals surface area contributed by atoms with Crippen LogP contribution in [-0.4, -0.2) is 35.0 Å². The summed E-state index contributed by atoms with van der Waals surface area (Å²) < 4.78 is 44.9. The van der Waals surface area contributed by atoms with E-state index in [1.807, 2.05) is 24.3 Å². The van der Waals surface area contributed by atoms with Crippen LogP contribution in [0.1, 0.15) is 18.4 Å². The third-order valence-electron chi connectivity index (χ3n) is 4.88. The van der Waals surface area contributed by atoms with Crippen molar-refractivity contribution < 1.29 is 22.4 Å². The summed E-state index contributed by atoms with van der Waals surface area (Å²) >= 11 is 0. The molecule has 0 unspecified atom stereocenters. The Kier molecular flexibility index (Phi) is 5.04. The number of amides is 2. The van der Waals surface area contributed by atoms with Gasteiger partial charge in [-0.25, -0.2) is 4.79 Å². The first-order chi connectivity index (χ1) is 13.9. The molecule has 0 bridgehead atoms. The van der Waals surface area contributed by atoms with Crippen molar-refractivity contribution in [2.45, 2.75) is 25.1 Å². The molecular formula is C20H19F3N4O2. The van der Waals surface area contributed by atoms with E-state index >= 15 is 0 Å². The van der Waals surface area contributed by atoms with E-state index in [2.05, 4.69) is 15.6 Å². The minimum atomic E-state index is -4.53. The lowest BCUT2D eigenvalue weighted by Gasteiger charge is -2.32. The summed E-state index contributed by atoms with van der Waals surface area (Å²) in [6, 6.07) is 12.3. The number of nitrogens with zero attached hydrogens (tertiary/aromatic N) is 2. The fraction of sp³-hybridized carbons (Fsp3) is 0.300. The molecule has 0 spiro atoms. The molecule has 2 N–H and O–H groups in total. The lowest BCUT2D eigenvalue weighted by atomic mass is 10.1. The van der Waals surface area contributed by atoms with Gasteiger partial charge >= 0.3 is 12.2 Å². The summed E-state index contributed by atoms with van der Waals surface area (Å²) in [5, 5.41) is 5.61. The van der Waals surface area contributed by atoms with Gasteiger partial charge in [-0.15, -0.1) is 0 Å². The smallest absolute Gasteiger partial charge is 0.418 e. The molecule has 29 heavy (non-hydrogen) atoms. The predicted molar refractivity (Wildman–Crippen MR) is 103 cm³/mol. The molecule has 1 aliphatic rings. The molecule has 4 rings (SSSR count). The molecule has 1 aromatic heterocycles. The number of urea groups is 1. The van der Waals surface area contributed by atoms with Crippen LogP contribution < -0.4 is 10.6 Å². The standard InChI is InChI=1S/C20H19F3N4O2/c21-20(22,23)14-5-1-2-6-15(14)26-19(28)27-11-9-13(10-12-27)24-18-25-16-7-3-4-8-17(16)29-18/h1-8,13H,9-12H2,(H,24,25)(H,26,28). The van der Waals surface area contributed by atoms with Crippen molar-refractivity contribution in [3.8, 4) is 0 Å². The number of nitrogens with one attached hydrogen (secondary N) is 2. The topological polar surface area (TPSA) is 70.4 Å². The first kappa shape index (κ1) is 19.1. The molecule has 6 nitrogen and oxygen atoms in total. The lowest BCUT2D eigenvalue weighted by molar-refractivity contribution is -0.136. The molecule has 9 heteroatoms. The molecule has 0 aliphatic carbocycles. The molecule has 0 radical (unpaired) electrons. The SMILES string of the molecule is O=C(Nc1ccccc1C(F)(F)F)N1CCC(Nc2nc3ccccc3o2)CC1. The van der Waals surface area contributed by atoms with Crippen molar-refractivity contribution in [3.63, 3.8) is 0 Å². The van der Waals surface area contributed by atoms with Gasteiger partial charge in [-0.1, -0.05) is 24.3 Å². The summed E-state index contributed by atoms with van der Waals surface area (Å²) in [4.78, 5) is 18.3. The lowest BCUT2D eigenvalue weighted by Crippen LogP contribution is -2.44. The first-order valence-electron chi connectivity index (χ1n) is 9.24. The van der Waals surface area contributed by atoms with Crippen LogP contribution in [0.3, 0.4) is 0 Å². The molecule has 2 amide bonds. The predicted octanol–water partition coefficient (Wildman–Crippen LogP) is 4.96. The summed E-state index contributed by atoms with van der Waals surface area (Å²) in [5.74, 6) is 0. The highest BCUT2D eigenvalue weighted by atomic mass is 19.4. The van der Waals surface area contributed by atoms with Gasteiger partial charge < -0.3 is 20.0 Å². The summed E-state index contributed by atoms with van der Waals surface area (Å²) in [7, 11) is 0. The van der Waals surface area contributed by atoms with E-state index in [0.29, 0.717) is 37.5 Å². The Balaban J connectivity index is 1.34. The highest BCUT2D eigenvalue weighted by molar-refractivity contribution is 5.90. The molecule has 0 atom stereocenters. The first-order valence-corrected chi connectivity index (χ1v) is 9.24. The number of fused-ring (bicyclic) bond motifs is 1. The fourth-order valence-electron chi connectivity index (χ4n) is 3.37. The van der Waals surface area contributed by atoms with E-state index < -0.39 is 17.8 Å². The number of carbonyl (C=O) groups is 1. The quantitative estimate of drug-likeness (QED) is 0.648. The number of aromatic nitrogens is 1. The number of likely N-dealkylation sites (tertiary alicyclic amines) is 1. The number of alkyl halides is 3. The van der Waals surface area contributed by atoms with Gasteiger partial charge in [-0.2, -0.15) is 18.2 Å². The molecule has 1 saturated heterocycles. The molecule has 2 aromatic carbocycles.